The summed E-state index contributed by atoms with van der Waals surface area (Å²) in [5.41, 5.74) is 1.68. The number of hydrogen-bond donors (Lipinski definition) is 0. The van der Waals surface area contributed by atoms with Gasteiger partial charge in [0.05, 0.1) is 14.2 Å². The fourth-order valence-electron chi connectivity index (χ4n) is 2.59. The second kappa shape index (κ2) is 5.47. The van der Waals surface area contributed by atoms with Gasteiger partial charge in [0, 0.05) is 16.5 Å². The minimum atomic E-state index is -0.193. The first-order valence-electron chi connectivity index (χ1n) is 6.15. The van der Waals surface area contributed by atoms with Crippen molar-refractivity contribution in [2.45, 2.75) is 31.0 Å². The molecule has 18 heavy (non-hydrogen) atoms. The van der Waals surface area contributed by atoms with Crippen molar-refractivity contribution in [1.29, 1.82) is 0 Å². The van der Waals surface area contributed by atoms with Gasteiger partial charge < -0.3 is 9.47 Å². The van der Waals surface area contributed by atoms with Gasteiger partial charge >= 0.3 is 0 Å². The van der Waals surface area contributed by atoms with Gasteiger partial charge in [-0.05, 0) is 30.7 Å². The molecule has 2 rings (SSSR count). The molecule has 0 fully saturated rings. The van der Waals surface area contributed by atoms with E-state index in [4.69, 9.17) is 9.47 Å². The molecule has 1 aromatic carbocycles. The van der Waals surface area contributed by atoms with Crippen LogP contribution in [-0.2, 0) is 6.42 Å². The van der Waals surface area contributed by atoms with Crippen molar-refractivity contribution in [2.24, 2.45) is 5.92 Å². The monoisotopic (exact) mass is 316 g/mol. The lowest BCUT2D eigenvalue weighted by atomic mass is 10.0. The zero-order valence-corrected chi connectivity index (χ0v) is 12.5. The van der Waals surface area contributed by atoms with Crippen LogP contribution in [0, 0.1) is 11.7 Å². The molecule has 1 aromatic rings. The number of halogens is 2. The minimum Gasteiger partial charge on any atom is -0.493 e. The third-order valence-corrected chi connectivity index (χ3v) is 4.41. The molecule has 0 spiro atoms. The Morgan fingerprint density at radius 3 is 2.67 bits per heavy atom. The van der Waals surface area contributed by atoms with E-state index in [-0.39, 0.29) is 10.6 Å². The van der Waals surface area contributed by atoms with E-state index in [0.717, 1.165) is 30.4 Å². The lowest BCUT2D eigenvalue weighted by Crippen LogP contribution is -2.04. The summed E-state index contributed by atoms with van der Waals surface area (Å²) < 4.78 is 24.8. The van der Waals surface area contributed by atoms with Crippen LogP contribution in [0.15, 0.2) is 6.07 Å². The highest BCUT2D eigenvalue weighted by Gasteiger charge is 2.28. The number of hydrogen-bond acceptors (Lipinski definition) is 2. The number of rotatable bonds is 2. The molecule has 0 N–H and O–H groups in total. The first-order valence-corrected chi connectivity index (χ1v) is 7.07. The third kappa shape index (κ3) is 2.35. The lowest BCUT2D eigenvalue weighted by molar-refractivity contribution is 0.347. The van der Waals surface area contributed by atoms with Crippen LogP contribution in [0.2, 0.25) is 0 Å². The molecule has 0 radical (unpaired) electrons. The molecule has 2 atom stereocenters. The van der Waals surface area contributed by atoms with Gasteiger partial charge in [0.1, 0.15) is 5.82 Å². The average Bonchev–Trinajstić information content (AvgIpc) is 2.49. The van der Waals surface area contributed by atoms with Gasteiger partial charge in [-0.15, -0.1) is 0 Å². The molecule has 0 saturated carbocycles. The van der Waals surface area contributed by atoms with Crippen molar-refractivity contribution >= 4 is 15.9 Å². The predicted octanol–water partition coefficient (Wildman–Crippen LogP) is 4.25. The Labute approximate surface area is 116 Å². The number of fused-ring (bicyclic) bond motifs is 1. The van der Waals surface area contributed by atoms with E-state index in [0.29, 0.717) is 17.4 Å². The third-order valence-electron chi connectivity index (χ3n) is 3.57. The second-order valence-electron chi connectivity index (χ2n) is 4.83. The highest BCUT2D eigenvalue weighted by atomic mass is 79.9. The Bertz CT molecular complexity index is 448. The second-order valence-corrected chi connectivity index (χ2v) is 5.94. The van der Waals surface area contributed by atoms with Crippen LogP contribution in [0.4, 0.5) is 4.39 Å². The number of benzene rings is 1. The fraction of sp³-hybridized carbons (Fsp3) is 0.571. The maximum Gasteiger partial charge on any atom is 0.165 e. The van der Waals surface area contributed by atoms with Crippen LogP contribution in [0.1, 0.15) is 35.7 Å². The normalized spacial score (nSPS) is 23.2. The van der Waals surface area contributed by atoms with Crippen LogP contribution >= 0.6 is 15.9 Å². The smallest absolute Gasteiger partial charge is 0.165 e. The Morgan fingerprint density at radius 1 is 1.33 bits per heavy atom. The minimum absolute atomic E-state index is 0.115. The molecule has 0 amide bonds. The maximum absolute atomic E-state index is 14.2. The van der Waals surface area contributed by atoms with Gasteiger partial charge in [0.15, 0.2) is 11.5 Å². The standard InChI is InChI=1S/C14H18BrFO2/c1-8-4-5-9-11(16)7-12(17-2)14(18-3)13(9)10(15)6-8/h7-8,10H,4-6H2,1-3H3. The molecule has 0 aliphatic heterocycles. The zero-order chi connectivity index (χ0) is 13.3. The van der Waals surface area contributed by atoms with Crippen LogP contribution in [0.5, 0.6) is 11.5 Å². The molecule has 2 nitrogen and oxygen atoms in total. The summed E-state index contributed by atoms with van der Waals surface area (Å²) in [6.07, 6.45) is 2.74. The fourth-order valence-corrected chi connectivity index (χ4v) is 3.72. The summed E-state index contributed by atoms with van der Waals surface area (Å²) in [6, 6.07) is 1.42. The van der Waals surface area contributed by atoms with Crippen LogP contribution in [0.25, 0.3) is 0 Å². The molecule has 2 unspecified atom stereocenters. The molecule has 0 heterocycles. The van der Waals surface area contributed by atoms with E-state index in [9.17, 15) is 4.39 Å². The summed E-state index contributed by atoms with van der Waals surface area (Å²) >= 11 is 3.66. The van der Waals surface area contributed by atoms with E-state index >= 15 is 0 Å². The number of alkyl halides is 1. The van der Waals surface area contributed by atoms with Crippen molar-refractivity contribution < 1.29 is 13.9 Å². The molecule has 1 aliphatic carbocycles. The van der Waals surface area contributed by atoms with Crippen molar-refractivity contribution in [3.63, 3.8) is 0 Å². The maximum atomic E-state index is 14.2. The molecule has 0 bridgehead atoms. The summed E-state index contributed by atoms with van der Waals surface area (Å²) in [5.74, 6) is 1.50. The van der Waals surface area contributed by atoms with Gasteiger partial charge in [-0.1, -0.05) is 22.9 Å². The van der Waals surface area contributed by atoms with Gasteiger partial charge in [0.2, 0.25) is 0 Å². The van der Waals surface area contributed by atoms with E-state index < -0.39 is 0 Å². The first-order chi connectivity index (χ1) is 8.58. The summed E-state index contributed by atoms with van der Waals surface area (Å²) in [4.78, 5) is 0.115. The molecule has 100 valence electrons. The Hall–Kier alpha value is -0.770. The quantitative estimate of drug-likeness (QED) is 0.600. The van der Waals surface area contributed by atoms with Gasteiger partial charge in [-0.3, -0.25) is 0 Å². The zero-order valence-electron chi connectivity index (χ0n) is 10.9. The molecular weight excluding hydrogens is 299 g/mol. The Kier molecular flexibility index (Phi) is 4.15. The highest BCUT2D eigenvalue weighted by Crippen LogP contribution is 2.47. The van der Waals surface area contributed by atoms with Crippen LogP contribution in [0.3, 0.4) is 0 Å². The van der Waals surface area contributed by atoms with E-state index in [1.165, 1.54) is 13.2 Å². The predicted molar refractivity (Wildman–Crippen MR) is 73.3 cm³/mol. The molecule has 0 aromatic heterocycles. The van der Waals surface area contributed by atoms with Crippen LogP contribution < -0.4 is 9.47 Å². The summed E-state index contributed by atoms with van der Waals surface area (Å²) in [6.45, 7) is 2.20. The van der Waals surface area contributed by atoms with Crippen LogP contribution in [-0.4, -0.2) is 14.2 Å². The van der Waals surface area contributed by atoms with Gasteiger partial charge in [-0.25, -0.2) is 4.39 Å². The van der Waals surface area contributed by atoms with E-state index in [1.54, 1.807) is 7.11 Å². The topological polar surface area (TPSA) is 18.5 Å². The van der Waals surface area contributed by atoms with E-state index in [2.05, 4.69) is 22.9 Å². The molecular formula is C14H18BrFO2. The molecule has 1 aliphatic rings. The van der Waals surface area contributed by atoms with Gasteiger partial charge in [-0.2, -0.15) is 0 Å². The van der Waals surface area contributed by atoms with Gasteiger partial charge in [0.25, 0.3) is 0 Å². The highest BCUT2D eigenvalue weighted by molar-refractivity contribution is 9.09. The first kappa shape index (κ1) is 13.7. The summed E-state index contributed by atoms with van der Waals surface area (Å²) in [5, 5.41) is 0. The van der Waals surface area contributed by atoms with Crippen molar-refractivity contribution in [2.75, 3.05) is 14.2 Å². The molecule has 0 saturated heterocycles. The molecule has 4 heteroatoms. The Morgan fingerprint density at radius 2 is 2.06 bits per heavy atom. The van der Waals surface area contributed by atoms with Crippen molar-refractivity contribution in [3.8, 4) is 11.5 Å². The van der Waals surface area contributed by atoms with E-state index in [1.807, 2.05) is 0 Å². The largest absolute Gasteiger partial charge is 0.493 e. The average molecular weight is 317 g/mol. The summed E-state index contributed by atoms with van der Waals surface area (Å²) in [7, 11) is 3.14. The number of methoxy groups -OCH3 is 2. The number of ether oxygens (including phenoxy) is 2. The SMILES string of the molecule is COc1cc(F)c2c(c1OC)C(Br)CC(C)CC2. The Balaban J connectivity index is 2.62. The van der Waals surface area contributed by atoms with Crippen molar-refractivity contribution in [3.05, 3.63) is 23.0 Å². The van der Waals surface area contributed by atoms with Crippen molar-refractivity contribution in [1.82, 2.24) is 0 Å². The lowest BCUT2D eigenvalue weighted by Gasteiger charge is -2.19.